The fraction of sp³-hybridized carbons (Fsp3) is 0. The lowest BCUT2D eigenvalue weighted by molar-refractivity contribution is -0.131. The Bertz CT molecular complexity index is 673. The van der Waals surface area contributed by atoms with E-state index in [0.717, 1.165) is 10.5 Å². The van der Waals surface area contributed by atoms with Gasteiger partial charge in [-0.05, 0) is 18.2 Å². The van der Waals surface area contributed by atoms with Crippen molar-refractivity contribution in [2.45, 2.75) is 0 Å². The molecule has 102 valence electrons. The molecule has 1 heterocycles. The lowest BCUT2D eigenvalue weighted by atomic mass is 10.2. The van der Waals surface area contributed by atoms with Crippen molar-refractivity contribution >= 4 is 39.6 Å². The van der Waals surface area contributed by atoms with E-state index in [1.807, 2.05) is 0 Å². The minimum absolute atomic E-state index is 0.458. The van der Waals surface area contributed by atoms with Crippen molar-refractivity contribution in [1.82, 2.24) is 4.98 Å². The molecule has 4 nitrogen and oxygen atoms in total. The van der Waals surface area contributed by atoms with Gasteiger partial charge in [0.15, 0.2) is 0 Å². The van der Waals surface area contributed by atoms with Crippen LogP contribution in [0.25, 0.3) is 6.08 Å². The Morgan fingerprint density at radius 2 is 2.15 bits per heavy atom. The van der Waals surface area contributed by atoms with Gasteiger partial charge in [-0.3, -0.25) is 4.98 Å². The molecule has 0 fully saturated rings. The fourth-order valence-electron chi connectivity index (χ4n) is 1.47. The molecule has 0 aliphatic carbocycles. The smallest absolute Gasteiger partial charge is 0.328 e. The number of carboxylic acids is 1. The maximum Gasteiger partial charge on any atom is 0.328 e. The molecule has 0 radical (unpaired) electrons. The first-order chi connectivity index (χ1) is 9.54. The number of hydrogen-bond acceptors (Lipinski definition) is 3. The molecule has 1 aromatic heterocycles. The van der Waals surface area contributed by atoms with Crippen molar-refractivity contribution in [1.29, 1.82) is 0 Å². The number of pyridine rings is 1. The average molecular weight is 355 g/mol. The molecule has 6 heteroatoms. The minimum atomic E-state index is -1.02. The van der Waals surface area contributed by atoms with E-state index in [2.05, 4.69) is 20.9 Å². The Labute approximate surface area is 128 Å². The normalized spacial score (nSPS) is 10.7. The molecular weight excluding hydrogens is 346 g/mol. The number of rotatable bonds is 4. The second kappa shape index (κ2) is 6.54. The second-order valence-corrected chi connectivity index (χ2v) is 5.15. The van der Waals surface area contributed by atoms with Gasteiger partial charge in [0.1, 0.15) is 11.5 Å². The monoisotopic (exact) mass is 353 g/mol. The van der Waals surface area contributed by atoms with Gasteiger partial charge in [-0.25, -0.2) is 4.79 Å². The number of hydrogen-bond donors (Lipinski definition) is 1. The molecule has 1 N–H and O–H groups in total. The molecule has 0 spiro atoms. The van der Waals surface area contributed by atoms with Gasteiger partial charge >= 0.3 is 5.97 Å². The summed E-state index contributed by atoms with van der Waals surface area (Å²) in [7, 11) is 0. The predicted octanol–water partition coefficient (Wildman–Crippen LogP) is 4.39. The van der Waals surface area contributed by atoms with E-state index in [1.54, 1.807) is 24.3 Å². The highest BCUT2D eigenvalue weighted by Gasteiger charge is 2.05. The summed E-state index contributed by atoms with van der Waals surface area (Å²) in [6.45, 7) is 0. The van der Waals surface area contributed by atoms with E-state index >= 15 is 0 Å². The first-order valence-corrected chi connectivity index (χ1v) is 6.70. The summed E-state index contributed by atoms with van der Waals surface area (Å²) in [6, 6.07) is 6.91. The summed E-state index contributed by atoms with van der Waals surface area (Å²) in [5, 5.41) is 9.14. The molecule has 2 rings (SSSR count). The molecule has 0 unspecified atom stereocenters. The average Bonchev–Trinajstić information content (AvgIpc) is 2.37. The molecule has 2 aromatic rings. The standard InChI is InChI=1S/C14H9BrClNO3/c15-10-3-1-9(2-4-14(18)19)13(5-10)20-12-6-11(16)7-17-8-12/h1-8H,(H,18,19). The molecule has 0 saturated heterocycles. The van der Waals surface area contributed by atoms with Crippen LogP contribution in [0.15, 0.2) is 47.2 Å². The SMILES string of the molecule is O=C(O)C=Cc1ccc(Br)cc1Oc1cncc(Cl)c1. The molecular formula is C14H9BrClNO3. The van der Waals surface area contributed by atoms with Crippen LogP contribution < -0.4 is 4.74 Å². The maximum atomic E-state index is 10.6. The van der Waals surface area contributed by atoms with Gasteiger partial charge in [-0.1, -0.05) is 33.6 Å². The first kappa shape index (κ1) is 14.6. The topological polar surface area (TPSA) is 59.4 Å². The number of carboxylic acid groups (broad SMARTS) is 1. The second-order valence-electron chi connectivity index (χ2n) is 3.79. The fourth-order valence-corrected chi connectivity index (χ4v) is 1.97. The number of halogens is 2. The number of carbonyl (C=O) groups is 1. The number of nitrogens with zero attached hydrogens (tertiary/aromatic N) is 1. The zero-order valence-electron chi connectivity index (χ0n) is 10.1. The van der Waals surface area contributed by atoms with Gasteiger partial charge in [0.05, 0.1) is 11.2 Å². The third-order valence-electron chi connectivity index (χ3n) is 2.29. The highest BCUT2D eigenvalue weighted by molar-refractivity contribution is 9.10. The Hall–Kier alpha value is -1.85. The quantitative estimate of drug-likeness (QED) is 0.827. The van der Waals surface area contributed by atoms with Crippen LogP contribution >= 0.6 is 27.5 Å². The summed E-state index contributed by atoms with van der Waals surface area (Å²) < 4.78 is 6.50. The van der Waals surface area contributed by atoms with Gasteiger partial charge in [0, 0.05) is 28.4 Å². The van der Waals surface area contributed by atoms with Gasteiger partial charge in [0.2, 0.25) is 0 Å². The highest BCUT2D eigenvalue weighted by Crippen LogP contribution is 2.30. The van der Waals surface area contributed by atoms with Crippen molar-refractivity contribution in [2.24, 2.45) is 0 Å². The predicted molar refractivity (Wildman–Crippen MR) is 80.1 cm³/mol. The highest BCUT2D eigenvalue weighted by atomic mass is 79.9. The summed E-state index contributed by atoms with van der Waals surface area (Å²) in [5.41, 5.74) is 0.635. The lowest BCUT2D eigenvalue weighted by Gasteiger charge is -2.09. The summed E-state index contributed by atoms with van der Waals surface area (Å²) in [5.74, 6) is -0.0511. The van der Waals surface area contributed by atoms with Crippen LogP contribution in [0.5, 0.6) is 11.5 Å². The van der Waals surface area contributed by atoms with Crippen LogP contribution in [0.4, 0.5) is 0 Å². The van der Waals surface area contributed by atoms with Gasteiger partial charge in [0.25, 0.3) is 0 Å². The van der Waals surface area contributed by atoms with Gasteiger partial charge in [-0.2, -0.15) is 0 Å². The Balaban J connectivity index is 2.34. The van der Waals surface area contributed by atoms with E-state index < -0.39 is 5.97 Å². The minimum Gasteiger partial charge on any atom is -0.478 e. The zero-order chi connectivity index (χ0) is 14.5. The van der Waals surface area contributed by atoms with E-state index in [4.69, 9.17) is 21.4 Å². The summed E-state index contributed by atoms with van der Waals surface area (Å²) in [4.78, 5) is 14.5. The molecule has 1 aromatic carbocycles. The first-order valence-electron chi connectivity index (χ1n) is 5.53. The third kappa shape index (κ3) is 4.08. The van der Waals surface area contributed by atoms with Gasteiger partial charge in [-0.15, -0.1) is 0 Å². The van der Waals surface area contributed by atoms with Crippen molar-refractivity contribution in [3.8, 4) is 11.5 Å². The summed E-state index contributed by atoms with van der Waals surface area (Å²) >= 11 is 9.18. The third-order valence-corrected chi connectivity index (χ3v) is 2.99. The molecule has 20 heavy (non-hydrogen) atoms. The van der Waals surface area contributed by atoms with Crippen molar-refractivity contribution in [3.05, 3.63) is 57.8 Å². The van der Waals surface area contributed by atoms with Gasteiger partial charge < -0.3 is 9.84 Å². The van der Waals surface area contributed by atoms with Crippen LogP contribution in [-0.4, -0.2) is 16.1 Å². The number of ether oxygens (including phenoxy) is 1. The molecule has 0 saturated carbocycles. The van der Waals surface area contributed by atoms with E-state index in [0.29, 0.717) is 22.1 Å². The van der Waals surface area contributed by atoms with E-state index in [9.17, 15) is 4.79 Å². The largest absolute Gasteiger partial charge is 0.478 e. The van der Waals surface area contributed by atoms with Crippen molar-refractivity contribution < 1.29 is 14.6 Å². The van der Waals surface area contributed by atoms with Crippen LogP contribution in [0.2, 0.25) is 5.02 Å². The summed E-state index contributed by atoms with van der Waals surface area (Å²) in [6.07, 6.45) is 5.53. The van der Waals surface area contributed by atoms with Crippen LogP contribution in [-0.2, 0) is 4.79 Å². The Morgan fingerprint density at radius 3 is 2.85 bits per heavy atom. The number of aliphatic carboxylic acids is 1. The molecule has 0 aliphatic rings. The Kier molecular flexibility index (Phi) is 4.76. The van der Waals surface area contributed by atoms with E-state index in [-0.39, 0.29) is 0 Å². The number of aromatic nitrogens is 1. The molecule has 0 atom stereocenters. The van der Waals surface area contributed by atoms with Crippen LogP contribution in [0.3, 0.4) is 0 Å². The lowest BCUT2D eigenvalue weighted by Crippen LogP contribution is -1.90. The molecule has 0 bridgehead atoms. The number of benzene rings is 1. The maximum absolute atomic E-state index is 10.6. The Morgan fingerprint density at radius 1 is 1.35 bits per heavy atom. The van der Waals surface area contributed by atoms with Crippen LogP contribution in [0.1, 0.15) is 5.56 Å². The van der Waals surface area contributed by atoms with Crippen molar-refractivity contribution in [3.63, 3.8) is 0 Å². The van der Waals surface area contributed by atoms with Crippen molar-refractivity contribution in [2.75, 3.05) is 0 Å². The van der Waals surface area contributed by atoms with E-state index in [1.165, 1.54) is 18.5 Å². The van der Waals surface area contributed by atoms with Crippen LogP contribution in [0, 0.1) is 0 Å². The molecule has 0 amide bonds. The molecule has 0 aliphatic heterocycles. The zero-order valence-corrected chi connectivity index (χ0v) is 12.4.